The molecular formula is C30H28F3N7O4. The second kappa shape index (κ2) is 12.4. The molecule has 0 aliphatic carbocycles. The van der Waals surface area contributed by atoms with Gasteiger partial charge in [0.15, 0.2) is 28.5 Å². The summed E-state index contributed by atoms with van der Waals surface area (Å²) in [6.45, 7) is 1.63. The van der Waals surface area contributed by atoms with E-state index in [1.54, 1.807) is 47.3 Å². The first kappa shape index (κ1) is 29.9. The van der Waals surface area contributed by atoms with E-state index >= 15 is 0 Å². The minimum absolute atomic E-state index is 0.190. The van der Waals surface area contributed by atoms with Gasteiger partial charge in [0.1, 0.15) is 0 Å². The molecule has 5 aromatic rings. The number of amides is 1. The van der Waals surface area contributed by atoms with E-state index in [0.717, 1.165) is 12.1 Å². The number of anilines is 5. The Kier molecular flexibility index (Phi) is 8.42. The number of methoxy groups -OCH3 is 3. The third-order valence-electron chi connectivity index (χ3n) is 6.49. The van der Waals surface area contributed by atoms with E-state index < -0.39 is 11.7 Å². The fourth-order valence-corrected chi connectivity index (χ4v) is 4.46. The first-order chi connectivity index (χ1) is 21.1. The van der Waals surface area contributed by atoms with Crippen molar-refractivity contribution >= 4 is 45.9 Å². The summed E-state index contributed by atoms with van der Waals surface area (Å²) < 4.78 is 57.3. The van der Waals surface area contributed by atoms with E-state index in [1.807, 2.05) is 0 Å². The summed E-state index contributed by atoms with van der Waals surface area (Å²) in [7, 11) is 4.51. The van der Waals surface area contributed by atoms with Crippen LogP contribution < -0.4 is 30.2 Å². The van der Waals surface area contributed by atoms with Crippen molar-refractivity contribution in [1.82, 2.24) is 19.5 Å². The van der Waals surface area contributed by atoms with Crippen LogP contribution in [0.1, 0.15) is 18.1 Å². The number of alkyl halides is 3. The summed E-state index contributed by atoms with van der Waals surface area (Å²) >= 11 is 0. The molecule has 0 aliphatic heterocycles. The lowest BCUT2D eigenvalue weighted by atomic mass is 10.1. The smallest absolute Gasteiger partial charge is 0.416 e. The average molecular weight is 608 g/mol. The third kappa shape index (κ3) is 6.59. The topological polar surface area (TPSA) is 124 Å². The van der Waals surface area contributed by atoms with Crippen LogP contribution in [-0.2, 0) is 17.5 Å². The number of carbonyl (C=O) groups is 1. The zero-order chi connectivity index (χ0) is 31.4. The van der Waals surface area contributed by atoms with Gasteiger partial charge in [-0.15, -0.1) is 0 Å². The van der Waals surface area contributed by atoms with Crippen molar-refractivity contribution in [2.75, 3.05) is 37.3 Å². The monoisotopic (exact) mass is 607 g/mol. The maximum absolute atomic E-state index is 13.1. The Balaban J connectivity index is 1.54. The maximum atomic E-state index is 13.1. The van der Waals surface area contributed by atoms with Gasteiger partial charge in [-0.3, -0.25) is 4.79 Å². The molecule has 3 N–H and O–H groups in total. The molecule has 14 heteroatoms. The molecule has 1 amide bonds. The number of nitrogens with one attached hydrogen (secondary N) is 3. The van der Waals surface area contributed by atoms with Gasteiger partial charge in [0.25, 0.3) is 0 Å². The molecule has 0 radical (unpaired) electrons. The van der Waals surface area contributed by atoms with Crippen LogP contribution in [0.25, 0.3) is 11.2 Å². The van der Waals surface area contributed by atoms with E-state index in [2.05, 4.69) is 30.9 Å². The van der Waals surface area contributed by atoms with Crippen LogP contribution >= 0.6 is 0 Å². The molecular weight excluding hydrogens is 579 g/mol. The predicted octanol–water partition coefficient (Wildman–Crippen LogP) is 6.36. The minimum atomic E-state index is -4.43. The molecule has 2 aromatic heterocycles. The molecule has 3 aromatic carbocycles. The highest BCUT2D eigenvalue weighted by atomic mass is 19.4. The summed E-state index contributed by atoms with van der Waals surface area (Å²) in [6.07, 6.45) is -2.88. The normalized spacial score (nSPS) is 11.2. The first-order valence-electron chi connectivity index (χ1n) is 13.2. The number of aromatic nitrogens is 4. The number of halogens is 3. The highest BCUT2D eigenvalue weighted by molar-refractivity contribution is 5.90. The van der Waals surface area contributed by atoms with Crippen LogP contribution in [0.15, 0.2) is 67.0 Å². The fraction of sp³-hybridized carbons (Fsp3) is 0.200. The van der Waals surface area contributed by atoms with Gasteiger partial charge in [0.05, 0.1) is 39.8 Å². The molecule has 0 spiro atoms. The summed E-state index contributed by atoms with van der Waals surface area (Å²) in [5.74, 6) is 1.61. The minimum Gasteiger partial charge on any atom is -0.493 e. The molecule has 44 heavy (non-hydrogen) atoms. The Morgan fingerprint density at radius 2 is 1.48 bits per heavy atom. The van der Waals surface area contributed by atoms with Crippen molar-refractivity contribution in [3.8, 4) is 17.2 Å². The molecule has 0 saturated heterocycles. The number of imidazole rings is 1. The molecule has 0 unspecified atom stereocenters. The standard InChI is InChI=1S/C30H28F3N7O4/c1-17(41)35-20-9-11-21(12-10-20)36-27-25-28(40(16-34-25)15-18-5-7-19(8-6-18)30(31,32)33)39-29(38-27)37-22-13-23(42-2)26(44-4)24(14-22)43-3/h5-14,16H,15H2,1-4H3,(H,35,41)(H2,36,37,38,39). The summed E-state index contributed by atoms with van der Waals surface area (Å²) in [6, 6.07) is 15.3. The summed E-state index contributed by atoms with van der Waals surface area (Å²) in [4.78, 5) is 25.2. The van der Waals surface area contributed by atoms with E-state index in [-0.39, 0.29) is 18.4 Å². The zero-order valence-corrected chi connectivity index (χ0v) is 24.1. The van der Waals surface area contributed by atoms with Crippen molar-refractivity contribution in [1.29, 1.82) is 0 Å². The number of hydrogen-bond acceptors (Lipinski definition) is 9. The van der Waals surface area contributed by atoms with Gasteiger partial charge in [-0.2, -0.15) is 23.1 Å². The van der Waals surface area contributed by atoms with Gasteiger partial charge in [0, 0.05) is 36.1 Å². The van der Waals surface area contributed by atoms with E-state index in [4.69, 9.17) is 14.2 Å². The molecule has 11 nitrogen and oxygen atoms in total. The quantitative estimate of drug-likeness (QED) is 0.166. The Labute approximate surface area is 250 Å². The number of benzene rings is 3. The number of rotatable bonds is 10. The Morgan fingerprint density at radius 1 is 0.841 bits per heavy atom. The molecule has 5 rings (SSSR count). The number of ether oxygens (including phenoxy) is 3. The highest BCUT2D eigenvalue weighted by Gasteiger charge is 2.30. The SMILES string of the molecule is COc1cc(Nc2nc(Nc3ccc(NC(C)=O)cc3)c3ncn(Cc4ccc(C(F)(F)F)cc4)c3n2)cc(OC)c1OC. The molecule has 228 valence electrons. The highest BCUT2D eigenvalue weighted by Crippen LogP contribution is 2.40. The summed E-state index contributed by atoms with van der Waals surface area (Å²) in [5.41, 5.74) is 2.57. The number of hydrogen-bond donors (Lipinski definition) is 3. The van der Waals surface area contributed by atoms with Crippen molar-refractivity contribution in [2.24, 2.45) is 0 Å². The Hall–Kier alpha value is -5.53. The molecule has 0 fully saturated rings. The third-order valence-corrected chi connectivity index (χ3v) is 6.49. The molecule has 2 heterocycles. The number of carbonyl (C=O) groups excluding carboxylic acids is 1. The van der Waals surface area contributed by atoms with Gasteiger partial charge in [-0.1, -0.05) is 12.1 Å². The van der Waals surface area contributed by atoms with Crippen LogP contribution in [0, 0.1) is 0 Å². The number of nitrogens with zero attached hydrogens (tertiary/aromatic N) is 4. The molecule has 0 saturated carbocycles. The van der Waals surface area contributed by atoms with Gasteiger partial charge in [-0.25, -0.2) is 4.98 Å². The van der Waals surface area contributed by atoms with Gasteiger partial charge < -0.3 is 34.7 Å². The maximum Gasteiger partial charge on any atom is 0.416 e. The lowest BCUT2D eigenvalue weighted by Crippen LogP contribution is -2.07. The van der Waals surface area contributed by atoms with Crippen molar-refractivity contribution < 1.29 is 32.2 Å². The van der Waals surface area contributed by atoms with Gasteiger partial charge in [-0.05, 0) is 42.0 Å². The Morgan fingerprint density at radius 3 is 2.05 bits per heavy atom. The van der Waals surface area contributed by atoms with Crippen LogP contribution in [0.4, 0.5) is 42.0 Å². The van der Waals surface area contributed by atoms with E-state index in [9.17, 15) is 18.0 Å². The van der Waals surface area contributed by atoms with Crippen LogP contribution in [-0.4, -0.2) is 46.8 Å². The molecule has 0 bridgehead atoms. The largest absolute Gasteiger partial charge is 0.493 e. The molecule has 0 aliphatic rings. The first-order valence-corrected chi connectivity index (χ1v) is 13.2. The summed E-state index contributed by atoms with van der Waals surface area (Å²) in [5, 5.41) is 9.13. The molecule has 0 atom stereocenters. The average Bonchev–Trinajstić information content (AvgIpc) is 3.39. The predicted molar refractivity (Wildman–Crippen MR) is 159 cm³/mol. The Bertz CT molecular complexity index is 1770. The van der Waals surface area contributed by atoms with Crippen LogP contribution in [0.5, 0.6) is 17.2 Å². The van der Waals surface area contributed by atoms with E-state index in [1.165, 1.54) is 40.4 Å². The zero-order valence-electron chi connectivity index (χ0n) is 24.1. The van der Waals surface area contributed by atoms with Crippen LogP contribution in [0.2, 0.25) is 0 Å². The fourth-order valence-electron chi connectivity index (χ4n) is 4.46. The van der Waals surface area contributed by atoms with Gasteiger partial charge >= 0.3 is 6.18 Å². The lowest BCUT2D eigenvalue weighted by Gasteiger charge is -2.15. The second-order valence-electron chi connectivity index (χ2n) is 9.56. The second-order valence-corrected chi connectivity index (χ2v) is 9.56. The van der Waals surface area contributed by atoms with Crippen LogP contribution in [0.3, 0.4) is 0 Å². The lowest BCUT2D eigenvalue weighted by molar-refractivity contribution is -0.137. The van der Waals surface area contributed by atoms with E-state index in [0.29, 0.717) is 56.9 Å². The van der Waals surface area contributed by atoms with Crippen molar-refractivity contribution in [3.63, 3.8) is 0 Å². The van der Waals surface area contributed by atoms with Crippen molar-refractivity contribution in [3.05, 3.63) is 78.1 Å². The number of fused-ring (bicyclic) bond motifs is 1. The van der Waals surface area contributed by atoms with Gasteiger partial charge in [0.2, 0.25) is 17.6 Å². The van der Waals surface area contributed by atoms with Crippen molar-refractivity contribution in [2.45, 2.75) is 19.6 Å².